The molecule has 5 rings (SSSR count). The number of furan rings is 1. The van der Waals surface area contributed by atoms with Gasteiger partial charge in [0.05, 0.1) is 5.56 Å². The number of nitrogens with zero attached hydrogens (tertiary/aromatic N) is 1. The molecule has 0 aliphatic carbocycles. The van der Waals surface area contributed by atoms with Gasteiger partial charge in [0.15, 0.2) is 0 Å². The number of aryl methyl sites for hydroxylation is 1. The number of carbonyl (C=O) groups is 2. The lowest BCUT2D eigenvalue weighted by Crippen LogP contribution is -2.18. The lowest BCUT2D eigenvalue weighted by molar-refractivity contribution is 0.0963. The minimum absolute atomic E-state index is 0.274. The number of benzene rings is 3. The van der Waals surface area contributed by atoms with Gasteiger partial charge in [-0.05, 0) is 84.3 Å². The Hall–Kier alpha value is -4.78. The Morgan fingerprint density at radius 1 is 0.861 bits per heavy atom. The number of nitrogens with one attached hydrogen (secondary N) is 2. The summed E-state index contributed by atoms with van der Waals surface area (Å²) in [5, 5.41) is 6.10. The van der Waals surface area contributed by atoms with Crippen LogP contribution in [0.4, 0.5) is 10.2 Å². The van der Waals surface area contributed by atoms with Gasteiger partial charge in [-0.3, -0.25) is 9.59 Å². The highest BCUT2D eigenvalue weighted by atomic mass is 19.1. The highest BCUT2D eigenvalue weighted by molar-refractivity contribution is 6.12. The predicted octanol–water partition coefficient (Wildman–Crippen LogP) is 6.22. The first-order valence-electron chi connectivity index (χ1n) is 11.3. The summed E-state index contributed by atoms with van der Waals surface area (Å²) in [6, 6.07) is 22.2. The molecule has 5 aromatic rings. The molecule has 3 aromatic carbocycles. The number of hydrogen-bond acceptors (Lipinski definition) is 4. The SMILES string of the molecule is CNC(=O)c1c(-c2ccc(F)cc2)oc2ccc(-c3cccc(C(=O)Nc4cc(C)ccn4)c3)cc12. The maximum Gasteiger partial charge on any atom is 0.256 e. The molecule has 0 atom stereocenters. The molecule has 0 bridgehead atoms. The molecule has 2 amide bonds. The Bertz CT molecular complexity index is 1610. The molecule has 0 aliphatic rings. The zero-order valence-corrected chi connectivity index (χ0v) is 19.6. The third-order valence-electron chi connectivity index (χ3n) is 5.86. The van der Waals surface area contributed by atoms with Gasteiger partial charge in [0, 0.05) is 29.8 Å². The number of amides is 2. The van der Waals surface area contributed by atoms with Crippen molar-refractivity contribution in [3.8, 4) is 22.5 Å². The summed E-state index contributed by atoms with van der Waals surface area (Å²) in [6.07, 6.45) is 1.64. The second-order valence-corrected chi connectivity index (χ2v) is 8.36. The molecule has 0 saturated carbocycles. The molecule has 0 spiro atoms. The second kappa shape index (κ2) is 9.46. The molecule has 0 saturated heterocycles. The van der Waals surface area contributed by atoms with Crippen LogP contribution in [0.1, 0.15) is 26.3 Å². The van der Waals surface area contributed by atoms with Crippen LogP contribution in [0.5, 0.6) is 0 Å². The van der Waals surface area contributed by atoms with Crippen LogP contribution in [-0.4, -0.2) is 23.8 Å². The molecule has 178 valence electrons. The lowest BCUT2D eigenvalue weighted by atomic mass is 9.99. The van der Waals surface area contributed by atoms with Crippen LogP contribution in [0.3, 0.4) is 0 Å². The van der Waals surface area contributed by atoms with E-state index in [1.54, 1.807) is 55.7 Å². The van der Waals surface area contributed by atoms with E-state index >= 15 is 0 Å². The van der Waals surface area contributed by atoms with Gasteiger partial charge in [-0.2, -0.15) is 0 Å². The molecule has 2 aromatic heterocycles. The van der Waals surface area contributed by atoms with E-state index in [4.69, 9.17) is 4.42 Å². The Morgan fingerprint density at radius 3 is 2.36 bits per heavy atom. The number of halogens is 1. The van der Waals surface area contributed by atoms with Crippen molar-refractivity contribution in [1.29, 1.82) is 0 Å². The van der Waals surface area contributed by atoms with Crippen molar-refractivity contribution in [2.75, 3.05) is 12.4 Å². The maximum absolute atomic E-state index is 13.5. The topological polar surface area (TPSA) is 84.2 Å². The van der Waals surface area contributed by atoms with Gasteiger partial charge in [-0.15, -0.1) is 0 Å². The van der Waals surface area contributed by atoms with Gasteiger partial charge in [-0.25, -0.2) is 9.37 Å². The first-order chi connectivity index (χ1) is 17.4. The standard InChI is InChI=1S/C29H22FN3O3/c1-17-12-13-32-25(14-17)33-28(34)21-5-3-4-19(15-21)20-8-11-24-23(16-20)26(29(35)31-2)27(36-24)18-6-9-22(30)10-7-18/h3-16H,1-2H3,(H,31,35)(H,32,33,34). The van der Waals surface area contributed by atoms with Crippen molar-refractivity contribution in [1.82, 2.24) is 10.3 Å². The average Bonchev–Trinajstić information content (AvgIpc) is 3.27. The van der Waals surface area contributed by atoms with Crippen LogP contribution in [0.2, 0.25) is 0 Å². The fourth-order valence-corrected chi connectivity index (χ4v) is 4.07. The monoisotopic (exact) mass is 479 g/mol. The van der Waals surface area contributed by atoms with E-state index < -0.39 is 0 Å². The number of carbonyl (C=O) groups excluding carboxylic acids is 2. The highest BCUT2D eigenvalue weighted by Gasteiger charge is 2.22. The first kappa shape index (κ1) is 23.0. The van der Waals surface area contributed by atoms with Crippen LogP contribution in [0.25, 0.3) is 33.4 Å². The van der Waals surface area contributed by atoms with E-state index in [-0.39, 0.29) is 17.6 Å². The van der Waals surface area contributed by atoms with Gasteiger partial charge in [0.25, 0.3) is 11.8 Å². The third-order valence-corrected chi connectivity index (χ3v) is 5.86. The summed E-state index contributed by atoms with van der Waals surface area (Å²) >= 11 is 0. The quantitative estimate of drug-likeness (QED) is 0.313. The molecule has 0 fully saturated rings. The summed E-state index contributed by atoms with van der Waals surface area (Å²) in [6.45, 7) is 1.93. The highest BCUT2D eigenvalue weighted by Crippen LogP contribution is 2.36. The van der Waals surface area contributed by atoms with Crippen LogP contribution in [-0.2, 0) is 0 Å². The number of rotatable bonds is 5. The van der Waals surface area contributed by atoms with Crippen LogP contribution < -0.4 is 10.6 Å². The molecule has 2 heterocycles. The summed E-state index contributed by atoms with van der Waals surface area (Å²) < 4.78 is 19.5. The molecule has 0 unspecified atom stereocenters. The minimum Gasteiger partial charge on any atom is -0.455 e. The second-order valence-electron chi connectivity index (χ2n) is 8.36. The first-order valence-corrected chi connectivity index (χ1v) is 11.3. The fourth-order valence-electron chi connectivity index (χ4n) is 4.07. The van der Waals surface area contributed by atoms with Crippen molar-refractivity contribution >= 4 is 28.6 Å². The smallest absolute Gasteiger partial charge is 0.256 e. The van der Waals surface area contributed by atoms with Crippen LogP contribution >= 0.6 is 0 Å². The largest absolute Gasteiger partial charge is 0.455 e. The Kier molecular flexibility index (Phi) is 6.04. The Morgan fingerprint density at radius 2 is 1.61 bits per heavy atom. The lowest BCUT2D eigenvalue weighted by Gasteiger charge is -2.08. The molecular formula is C29H22FN3O3. The number of hydrogen-bond donors (Lipinski definition) is 2. The average molecular weight is 480 g/mol. The molecule has 7 heteroatoms. The fraction of sp³-hybridized carbons (Fsp3) is 0.0690. The predicted molar refractivity (Wildman–Crippen MR) is 137 cm³/mol. The van der Waals surface area contributed by atoms with Gasteiger partial charge in [0.2, 0.25) is 0 Å². The van der Waals surface area contributed by atoms with Crippen molar-refractivity contribution in [3.63, 3.8) is 0 Å². The number of pyridine rings is 1. The van der Waals surface area contributed by atoms with Crippen LogP contribution in [0.15, 0.2) is 89.5 Å². The summed E-state index contributed by atoms with van der Waals surface area (Å²) in [4.78, 5) is 29.9. The van der Waals surface area contributed by atoms with E-state index in [0.29, 0.717) is 39.2 Å². The van der Waals surface area contributed by atoms with Gasteiger partial charge < -0.3 is 15.1 Å². The van der Waals surface area contributed by atoms with Crippen molar-refractivity contribution in [2.45, 2.75) is 6.92 Å². The molecular weight excluding hydrogens is 457 g/mol. The van der Waals surface area contributed by atoms with E-state index in [9.17, 15) is 14.0 Å². The summed E-state index contributed by atoms with van der Waals surface area (Å²) in [5.74, 6) is -0.122. The normalized spacial score (nSPS) is 10.9. The van der Waals surface area contributed by atoms with Crippen molar-refractivity contribution < 1.29 is 18.4 Å². The summed E-state index contributed by atoms with van der Waals surface area (Å²) in [7, 11) is 1.55. The molecule has 2 N–H and O–H groups in total. The minimum atomic E-state index is -0.374. The van der Waals surface area contributed by atoms with Crippen molar-refractivity contribution in [2.24, 2.45) is 0 Å². The zero-order chi connectivity index (χ0) is 25.2. The van der Waals surface area contributed by atoms with Crippen LogP contribution in [0, 0.1) is 12.7 Å². The Labute approximate surface area is 206 Å². The van der Waals surface area contributed by atoms with E-state index in [2.05, 4.69) is 15.6 Å². The van der Waals surface area contributed by atoms with Gasteiger partial charge in [-0.1, -0.05) is 18.2 Å². The van der Waals surface area contributed by atoms with Gasteiger partial charge in [0.1, 0.15) is 23.0 Å². The molecule has 6 nitrogen and oxygen atoms in total. The molecule has 0 aliphatic heterocycles. The van der Waals surface area contributed by atoms with E-state index in [1.165, 1.54) is 12.1 Å². The number of aromatic nitrogens is 1. The number of anilines is 1. The van der Waals surface area contributed by atoms with Gasteiger partial charge >= 0.3 is 0 Å². The maximum atomic E-state index is 13.5. The van der Waals surface area contributed by atoms with E-state index in [1.807, 2.05) is 31.2 Å². The molecule has 0 radical (unpaired) electrons. The zero-order valence-electron chi connectivity index (χ0n) is 19.6. The third kappa shape index (κ3) is 4.46. The molecule has 36 heavy (non-hydrogen) atoms. The van der Waals surface area contributed by atoms with Crippen molar-refractivity contribution in [3.05, 3.63) is 108 Å². The Balaban J connectivity index is 1.54. The summed E-state index contributed by atoms with van der Waals surface area (Å²) in [5.41, 5.74) is 4.56. The number of fused-ring (bicyclic) bond motifs is 1. The van der Waals surface area contributed by atoms with E-state index in [0.717, 1.165) is 16.7 Å².